The van der Waals surface area contributed by atoms with Crippen molar-refractivity contribution in [2.45, 2.75) is 58.9 Å². The van der Waals surface area contributed by atoms with Crippen molar-refractivity contribution < 1.29 is 0 Å². The fourth-order valence-corrected chi connectivity index (χ4v) is 3.36. The van der Waals surface area contributed by atoms with E-state index in [0.717, 1.165) is 12.5 Å². The molecule has 1 N–H and O–H groups in total. The molecule has 1 saturated heterocycles. The highest BCUT2D eigenvalue weighted by molar-refractivity contribution is 8.13. The normalized spacial score (nSPS) is 28.9. The van der Waals surface area contributed by atoms with Gasteiger partial charge in [0.25, 0.3) is 0 Å². The Bertz CT molecular complexity index is 276. The Morgan fingerprint density at radius 2 is 2.06 bits per heavy atom. The summed E-state index contributed by atoms with van der Waals surface area (Å²) in [6, 6.07) is 0.589. The molecule has 2 rings (SSSR count). The number of amidine groups is 1. The fraction of sp³-hybridized carbons (Fsp3) is 0.929. The molecule has 0 aromatic rings. The van der Waals surface area contributed by atoms with Crippen LogP contribution in [-0.2, 0) is 0 Å². The average molecular weight is 254 g/mol. The van der Waals surface area contributed by atoms with E-state index in [9.17, 15) is 0 Å². The molecular weight excluding hydrogens is 228 g/mol. The van der Waals surface area contributed by atoms with Gasteiger partial charge in [-0.1, -0.05) is 51.8 Å². The van der Waals surface area contributed by atoms with Crippen LogP contribution in [0.2, 0.25) is 0 Å². The number of nitrogens with zero attached hydrogens (tertiary/aromatic N) is 1. The van der Waals surface area contributed by atoms with Gasteiger partial charge in [-0.15, -0.1) is 0 Å². The molecular formula is C14H26N2S. The second kappa shape index (κ2) is 5.64. The second-order valence-electron chi connectivity index (χ2n) is 6.47. The molecule has 0 amide bonds. The van der Waals surface area contributed by atoms with Gasteiger partial charge in [0.2, 0.25) is 0 Å². The van der Waals surface area contributed by atoms with Gasteiger partial charge in [-0.3, -0.25) is 4.99 Å². The predicted octanol–water partition coefficient (Wildman–Crippen LogP) is 3.67. The minimum atomic E-state index is 0.343. The van der Waals surface area contributed by atoms with E-state index in [-0.39, 0.29) is 0 Å². The van der Waals surface area contributed by atoms with E-state index in [1.165, 1.54) is 43.0 Å². The summed E-state index contributed by atoms with van der Waals surface area (Å²) < 4.78 is 0. The van der Waals surface area contributed by atoms with Crippen molar-refractivity contribution in [2.24, 2.45) is 16.3 Å². The van der Waals surface area contributed by atoms with Crippen LogP contribution in [0, 0.1) is 11.3 Å². The van der Waals surface area contributed by atoms with Gasteiger partial charge >= 0.3 is 0 Å². The van der Waals surface area contributed by atoms with Crippen LogP contribution in [0.4, 0.5) is 0 Å². The average Bonchev–Trinajstić information content (AvgIpc) is 2.21. The molecule has 1 atom stereocenters. The summed E-state index contributed by atoms with van der Waals surface area (Å²) in [6.45, 7) is 7.96. The van der Waals surface area contributed by atoms with Gasteiger partial charge in [0.1, 0.15) is 0 Å². The van der Waals surface area contributed by atoms with Crippen LogP contribution in [0.15, 0.2) is 4.99 Å². The molecule has 0 aromatic heterocycles. The van der Waals surface area contributed by atoms with E-state index in [2.05, 4.69) is 26.1 Å². The fourth-order valence-electron chi connectivity index (χ4n) is 2.41. The van der Waals surface area contributed by atoms with Gasteiger partial charge in [-0.25, -0.2) is 0 Å². The Balaban J connectivity index is 1.77. The standard InChI is InChI=1S/C14H26N2S/c1-14(2,3)12-8-10-17-13(16-12)15-9-7-11-5-4-6-11/h11-12H,4-10H2,1-3H3,(H,15,16). The van der Waals surface area contributed by atoms with Gasteiger partial charge in [-0.05, 0) is 24.2 Å². The Labute approximate surface area is 110 Å². The van der Waals surface area contributed by atoms with Gasteiger partial charge in [0.05, 0.1) is 0 Å². The molecule has 98 valence electrons. The van der Waals surface area contributed by atoms with E-state index in [4.69, 9.17) is 4.99 Å². The summed E-state index contributed by atoms with van der Waals surface area (Å²) in [7, 11) is 0. The minimum absolute atomic E-state index is 0.343. The summed E-state index contributed by atoms with van der Waals surface area (Å²) in [6.07, 6.45) is 6.88. The van der Waals surface area contributed by atoms with Gasteiger partial charge in [-0.2, -0.15) is 0 Å². The summed E-state index contributed by atoms with van der Waals surface area (Å²) in [5.41, 5.74) is 0.343. The molecule has 0 radical (unpaired) electrons. The number of thioether (sulfide) groups is 1. The number of hydrogen-bond acceptors (Lipinski definition) is 2. The molecule has 0 bridgehead atoms. The van der Waals surface area contributed by atoms with Crippen molar-refractivity contribution in [3.8, 4) is 0 Å². The molecule has 1 aliphatic carbocycles. The van der Waals surface area contributed by atoms with Crippen LogP contribution in [0.1, 0.15) is 52.9 Å². The third-order valence-electron chi connectivity index (χ3n) is 4.01. The Hall–Kier alpha value is -0.180. The van der Waals surface area contributed by atoms with E-state index < -0.39 is 0 Å². The smallest absolute Gasteiger partial charge is 0.156 e. The van der Waals surface area contributed by atoms with E-state index in [0.29, 0.717) is 11.5 Å². The molecule has 1 unspecified atom stereocenters. The molecule has 1 aliphatic heterocycles. The first-order valence-corrected chi connectivity index (χ1v) is 7.98. The van der Waals surface area contributed by atoms with E-state index in [1.54, 1.807) is 0 Å². The number of hydrogen-bond donors (Lipinski definition) is 1. The first kappa shape index (κ1) is 13.3. The molecule has 0 spiro atoms. The van der Waals surface area contributed by atoms with Crippen LogP contribution in [0.25, 0.3) is 0 Å². The van der Waals surface area contributed by atoms with Crippen LogP contribution in [-0.4, -0.2) is 23.5 Å². The van der Waals surface area contributed by atoms with E-state index >= 15 is 0 Å². The molecule has 1 heterocycles. The summed E-state index contributed by atoms with van der Waals surface area (Å²) in [4.78, 5) is 4.74. The monoisotopic (exact) mass is 254 g/mol. The number of aliphatic imine (C=N–C) groups is 1. The molecule has 1 saturated carbocycles. The first-order valence-electron chi connectivity index (χ1n) is 6.99. The zero-order valence-corrected chi connectivity index (χ0v) is 12.3. The van der Waals surface area contributed by atoms with Crippen molar-refractivity contribution in [1.82, 2.24) is 5.32 Å². The van der Waals surface area contributed by atoms with Crippen LogP contribution in [0.5, 0.6) is 0 Å². The highest BCUT2D eigenvalue weighted by Crippen LogP contribution is 2.30. The molecule has 17 heavy (non-hydrogen) atoms. The largest absolute Gasteiger partial charge is 0.362 e. The molecule has 2 nitrogen and oxygen atoms in total. The van der Waals surface area contributed by atoms with Crippen molar-refractivity contribution in [3.63, 3.8) is 0 Å². The zero-order chi connectivity index (χ0) is 12.3. The lowest BCUT2D eigenvalue weighted by atomic mass is 9.83. The lowest BCUT2D eigenvalue weighted by Gasteiger charge is -2.35. The summed E-state index contributed by atoms with van der Waals surface area (Å²) >= 11 is 1.90. The Morgan fingerprint density at radius 1 is 1.29 bits per heavy atom. The molecule has 2 aliphatic rings. The van der Waals surface area contributed by atoms with Crippen molar-refractivity contribution in [1.29, 1.82) is 0 Å². The quantitative estimate of drug-likeness (QED) is 0.831. The lowest BCUT2D eigenvalue weighted by Crippen LogP contribution is -2.46. The maximum absolute atomic E-state index is 4.74. The second-order valence-corrected chi connectivity index (χ2v) is 7.56. The Morgan fingerprint density at radius 3 is 2.65 bits per heavy atom. The van der Waals surface area contributed by atoms with Gasteiger partial charge in [0, 0.05) is 18.3 Å². The molecule has 3 heteroatoms. The first-order chi connectivity index (χ1) is 8.05. The number of nitrogens with one attached hydrogen (secondary N) is 1. The Kier molecular flexibility index (Phi) is 4.40. The SMILES string of the molecule is CC(C)(C)C1CCSC(=NCCC2CCC2)N1. The maximum atomic E-state index is 4.74. The highest BCUT2D eigenvalue weighted by atomic mass is 32.2. The third-order valence-corrected chi connectivity index (χ3v) is 4.97. The van der Waals surface area contributed by atoms with Gasteiger partial charge in [0.15, 0.2) is 5.17 Å². The number of rotatable bonds is 3. The maximum Gasteiger partial charge on any atom is 0.156 e. The van der Waals surface area contributed by atoms with Crippen LogP contribution in [0.3, 0.4) is 0 Å². The zero-order valence-electron chi connectivity index (χ0n) is 11.5. The van der Waals surface area contributed by atoms with Crippen molar-refractivity contribution >= 4 is 16.9 Å². The van der Waals surface area contributed by atoms with Gasteiger partial charge < -0.3 is 5.32 Å². The summed E-state index contributed by atoms with van der Waals surface area (Å²) in [5.74, 6) is 2.20. The minimum Gasteiger partial charge on any atom is -0.362 e. The van der Waals surface area contributed by atoms with Crippen LogP contribution < -0.4 is 5.32 Å². The molecule has 2 fully saturated rings. The predicted molar refractivity (Wildman–Crippen MR) is 77.7 cm³/mol. The van der Waals surface area contributed by atoms with Crippen LogP contribution >= 0.6 is 11.8 Å². The van der Waals surface area contributed by atoms with E-state index in [1.807, 2.05) is 11.8 Å². The lowest BCUT2D eigenvalue weighted by molar-refractivity contribution is 0.289. The molecule has 0 aromatic carbocycles. The van der Waals surface area contributed by atoms with Crippen molar-refractivity contribution in [3.05, 3.63) is 0 Å². The van der Waals surface area contributed by atoms with Crippen molar-refractivity contribution in [2.75, 3.05) is 12.3 Å². The third kappa shape index (κ3) is 3.90. The summed E-state index contributed by atoms with van der Waals surface area (Å²) in [5, 5.41) is 4.81. The topological polar surface area (TPSA) is 24.4 Å². The highest BCUT2D eigenvalue weighted by Gasteiger charge is 2.28.